The van der Waals surface area contributed by atoms with Gasteiger partial charge in [0.15, 0.2) is 5.41 Å². The van der Waals surface area contributed by atoms with Gasteiger partial charge in [0.2, 0.25) is 0 Å². The molecule has 1 aliphatic carbocycles. The monoisotopic (exact) mass is 379 g/mol. The molecule has 3 atom stereocenters. The Morgan fingerprint density at radius 2 is 2.19 bits per heavy atom. The SMILES string of the molecule is CCOC(=O)N1CC=C2C(C#N)C(=N)C(C#N)(C#N)[C@@H](c3cccs3)[C@H]2C1. The molecule has 2 heterocycles. The van der Waals surface area contributed by atoms with Crippen LogP contribution in [0.3, 0.4) is 0 Å². The van der Waals surface area contributed by atoms with Gasteiger partial charge in [-0.05, 0) is 23.9 Å². The van der Waals surface area contributed by atoms with Crippen LogP contribution < -0.4 is 0 Å². The third kappa shape index (κ3) is 2.77. The van der Waals surface area contributed by atoms with Crippen LogP contribution in [-0.2, 0) is 4.74 Å². The van der Waals surface area contributed by atoms with Crippen molar-refractivity contribution < 1.29 is 9.53 Å². The van der Waals surface area contributed by atoms with Crippen LogP contribution in [0, 0.1) is 56.7 Å². The number of nitrogens with zero attached hydrogens (tertiary/aromatic N) is 4. The van der Waals surface area contributed by atoms with Crippen LogP contribution in [-0.4, -0.2) is 36.4 Å². The second-order valence-corrected chi connectivity index (χ2v) is 7.39. The minimum atomic E-state index is -1.75. The average molecular weight is 379 g/mol. The number of hydrogen-bond acceptors (Lipinski definition) is 7. The second kappa shape index (κ2) is 7.23. The number of carbonyl (C=O) groups excluding carboxylic acids is 1. The molecular formula is C19H17N5O2S. The van der Waals surface area contributed by atoms with Gasteiger partial charge in [-0.1, -0.05) is 12.1 Å². The number of rotatable bonds is 2. The summed E-state index contributed by atoms with van der Waals surface area (Å²) in [7, 11) is 0. The number of nitrogens with one attached hydrogen (secondary N) is 1. The summed E-state index contributed by atoms with van der Waals surface area (Å²) >= 11 is 1.41. The van der Waals surface area contributed by atoms with Crippen molar-refractivity contribution in [3.05, 3.63) is 34.0 Å². The van der Waals surface area contributed by atoms with Crippen molar-refractivity contribution in [3.8, 4) is 18.2 Å². The third-order valence-corrected chi connectivity index (χ3v) is 6.12. The van der Waals surface area contributed by atoms with Gasteiger partial charge in [-0.25, -0.2) is 4.79 Å². The predicted octanol–water partition coefficient (Wildman–Crippen LogP) is 3.05. The Morgan fingerprint density at radius 3 is 2.74 bits per heavy atom. The summed E-state index contributed by atoms with van der Waals surface area (Å²) in [5, 5.41) is 39.8. The fraction of sp³-hybridized carbons (Fsp3) is 0.421. The van der Waals surface area contributed by atoms with Crippen LogP contribution in [0.15, 0.2) is 29.2 Å². The molecule has 1 amide bonds. The number of nitriles is 3. The molecule has 0 bridgehead atoms. The van der Waals surface area contributed by atoms with Gasteiger partial charge >= 0.3 is 6.09 Å². The lowest BCUT2D eigenvalue weighted by atomic mass is 9.55. The van der Waals surface area contributed by atoms with Gasteiger partial charge in [0.25, 0.3) is 0 Å². The second-order valence-electron chi connectivity index (χ2n) is 6.42. The van der Waals surface area contributed by atoms with Gasteiger partial charge in [0.05, 0.1) is 30.5 Å². The van der Waals surface area contributed by atoms with Crippen molar-refractivity contribution in [2.45, 2.75) is 12.8 Å². The predicted molar refractivity (Wildman–Crippen MR) is 97.7 cm³/mol. The highest BCUT2D eigenvalue weighted by Crippen LogP contribution is 2.54. The highest BCUT2D eigenvalue weighted by atomic mass is 32.1. The maximum atomic E-state index is 12.2. The fourth-order valence-corrected chi connectivity index (χ4v) is 4.90. The summed E-state index contributed by atoms with van der Waals surface area (Å²) in [5.74, 6) is -1.96. The van der Waals surface area contributed by atoms with E-state index in [9.17, 15) is 20.6 Å². The smallest absolute Gasteiger partial charge is 0.410 e. The molecule has 8 heteroatoms. The molecule has 1 aliphatic heterocycles. The van der Waals surface area contributed by atoms with E-state index < -0.39 is 29.3 Å². The summed E-state index contributed by atoms with van der Waals surface area (Å²) in [6, 6.07) is 9.81. The van der Waals surface area contributed by atoms with Crippen LogP contribution in [0.5, 0.6) is 0 Å². The van der Waals surface area contributed by atoms with E-state index in [0.717, 1.165) is 4.88 Å². The molecule has 0 aromatic carbocycles. The molecule has 27 heavy (non-hydrogen) atoms. The van der Waals surface area contributed by atoms with Gasteiger partial charge in [-0.3, -0.25) is 0 Å². The van der Waals surface area contributed by atoms with Crippen molar-refractivity contribution in [1.29, 1.82) is 21.2 Å². The Bertz CT molecular complexity index is 901. The summed E-state index contributed by atoms with van der Waals surface area (Å²) in [6.45, 7) is 2.49. The number of hydrogen-bond donors (Lipinski definition) is 1. The van der Waals surface area contributed by atoms with E-state index in [0.29, 0.717) is 5.57 Å². The molecule has 1 N–H and O–H groups in total. The van der Waals surface area contributed by atoms with Crippen molar-refractivity contribution in [2.75, 3.05) is 19.7 Å². The highest BCUT2D eigenvalue weighted by molar-refractivity contribution is 7.10. The molecule has 1 aromatic rings. The minimum absolute atomic E-state index is 0.180. The Kier molecular flexibility index (Phi) is 4.99. The zero-order chi connectivity index (χ0) is 19.6. The topological polar surface area (TPSA) is 125 Å². The van der Waals surface area contributed by atoms with Crippen molar-refractivity contribution in [1.82, 2.24) is 4.90 Å². The van der Waals surface area contributed by atoms with E-state index in [-0.39, 0.29) is 25.4 Å². The number of carbonyl (C=O) groups is 1. The molecule has 1 aromatic heterocycles. The lowest BCUT2D eigenvalue weighted by molar-refractivity contribution is 0.0994. The molecule has 1 saturated carbocycles. The van der Waals surface area contributed by atoms with Crippen LogP contribution >= 0.6 is 11.3 Å². The molecule has 0 spiro atoms. The van der Waals surface area contributed by atoms with Gasteiger partial charge in [-0.15, -0.1) is 11.3 Å². The standard InChI is InChI=1S/C19H17N5O2S/c1-2-26-18(25)24-6-5-12-13(8-20)17(23)19(10-21,11-22)16(14(12)9-24)15-4-3-7-27-15/h3-5,7,13-14,16,23H,2,6,9H2,1H3/t13?,14-,16+/m0/s1. The Labute approximate surface area is 161 Å². The summed E-state index contributed by atoms with van der Waals surface area (Å²) in [5.41, 5.74) is -1.21. The first-order valence-electron chi connectivity index (χ1n) is 8.50. The Balaban J connectivity index is 2.15. The van der Waals surface area contributed by atoms with Crippen LogP contribution in [0.25, 0.3) is 0 Å². The zero-order valence-electron chi connectivity index (χ0n) is 14.7. The lowest BCUT2D eigenvalue weighted by Crippen LogP contribution is -2.53. The van der Waals surface area contributed by atoms with Gasteiger partial charge in [-0.2, -0.15) is 15.8 Å². The molecule has 3 rings (SSSR count). The van der Waals surface area contributed by atoms with E-state index in [1.54, 1.807) is 13.0 Å². The Hall–Kier alpha value is -3.15. The first-order chi connectivity index (χ1) is 13.0. The summed E-state index contributed by atoms with van der Waals surface area (Å²) in [4.78, 5) is 14.5. The fourth-order valence-electron chi connectivity index (χ4n) is 3.95. The van der Waals surface area contributed by atoms with E-state index in [1.165, 1.54) is 16.2 Å². The molecular weight excluding hydrogens is 362 g/mol. The molecule has 1 fully saturated rings. The van der Waals surface area contributed by atoms with Crippen molar-refractivity contribution in [3.63, 3.8) is 0 Å². The minimum Gasteiger partial charge on any atom is -0.450 e. The van der Waals surface area contributed by atoms with Crippen molar-refractivity contribution in [2.24, 2.45) is 17.3 Å². The number of amides is 1. The third-order valence-electron chi connectivity index (χ3n) is 5.17. The van der Waals surface area contributed by atoms with Crippen molar-refractivity contribution >= 4 is 23.1 Å². The van der Waals surface area contributed by atoms with Gasteiger partial charge in [0.1, 0.15) is 5.92 Å². The molecule has 1 unspecified atom stereocenters. The number of ether oxygens (including phenoxy) is 1. The van der Waals surface area contributed by atoms with Gasteiger partial charge in [0, 0.05) is 29.8 Å². The zero-order valence-corrected chi connectivity index (χ0v) is 15.5. The number of thiophene rings is 1. The first-order valence-corrected chi connectivity index (χ1v) is 9.38. The summed E-state index contributed by atoms with van der Waals surface area (Å²) in [6.07, 6.45) is 1.30. The average Bonchev–Trinajstić information content (AvgIpc) is 3.21. The van der Waals surface area contributed by atoms with E-state index >= 15 is 0 Å². The van der Waals surface area contributed by atoms with Crippen LogP contribution in [0.1, 0.15) is 17.7 Å². The van der Waals surface area contributed by atoms with Crippen LogP contribution in [0.4, 0.5) is 4.79 Å². The molecule has 136 valence electrons. The first kappa shape index (κ1) is 18.6. The largest absolute Gasteiger partial charge is 0.450 e. The van der Waals surface area contributed by atoms with E-state index in [4.69, 9.17) is 10.1 Å². The lowest BCUT2D eigenvalue weighted by Gasteiger charge is -2.46. The quantitative estimate of drug-likeness (QED) is 0.791. The van der Waals surface area contributed by atoms with E-state index in [1.807, 2.05) is 29.7 Å². The molecule has 7 nitrogen and oxygen atoms in total. The molecule has 2 aliphatic rings. The Morgan fingerprint density at radius 1 is 1.44 bits per heavy atom. The highest BCUT2D eigenvalue weighted by Gasteiger charge is 2.58. The van der Waals surface area contributed by atoms with Crippen LogP contribution in [0.2, 0.25) is 0 Å². The molecule has 0 saturated heterocycles. The van der Waals surface area contributed by atoms with E-state index in [2.05, 4.69) is 6.07 Å². The maximum Gasteiger partial charge on any atom is 0.410 e. The maximum absolute atomic E-state index is 12.2. The van der Waals surface area contributed by atoms with Gasteiger partial charge < -0.3 is 15.0 Å². The summed E-state index contributed by atoms with van der Waals surface area (Å²) < 4.78 is 5.09. The normalized spacial score (nSPS) is 26.0. The number of fused-ring (bicyclic) bond motifs is 1. The molecule has 0 radical (unpaired) electrons.